The number of benzene rings is 1. The normalized spacial score (nSPS) is 22.2. The van der Waals surface area contributed by atoms with Crippen molar-refractivity contribution in [3.8, 4) is 5.75 Å². The van der Waals surface area contributed by atoms with Crippen molar-refractivity contribution in [1.82, 2.24) is 0 Å². The van der Waals surface area contributed by atoms with Gasteiger partial charge < -0.3 is 18.9 Å². The molecule has 2 aliphatic rings. The second-order valence-electron chi connectivity index (χ2n) is 7.51. The fraction of sp³-hybridized carbons (Fsp3) is 0.588. The van der Waals surface area contributed by atoms with E-state index >= 15 is 0 Å². The van der Waals surface area contributed by atoms with E-state index in [0.717, 1.165) is 0 Å². The molecule has 0 spiro atoms. The lowest BCUT2D eigenvalue weighted by atomic mass is 9.78. The smallest absolute Gasteiger partial charge is 0.406 e. The fourth-order valence-corrected chi connectivity index (χ4v) is 3.00. The zero-order valence-electron chi connectivity index (χ0n) is 15.1. The summed E-state index contributed by atoms with van der Waals surface area (Å²) in [4.78, 5) is 13.5. The predicted molar refractivity (Wildman–Crippen MR) is 90.4 cm³/mol. The van der Waals surface area contributed by atoms with Crippen LogP contribution in [-0.4, -0.2) is 37.1 Å². The summed E-state index contributed by atoms with van der Waals surface area (Å²) in [5.41, 5.74) is -0.816. The van der Waals surface area contributed by atoms with Crippen molar-refractivity contribution in [2.45, 2.75) is 58.1 Å². The quantitative estimate of drug-likeness (QED) is 0.767. The average Bonchev–Trinajstić information content (AvgIpc) is 2.99. The molecule has 5 nitrogen and oxygen atoms in total. The molecule has 0 bridgehead atoms. The highest BCUT2D eigenvalue weighted by Crippen LogP contribution is 2.38. The molecule has 9 heteroatoms. The molecule has 0 aliphatic carbocycles. The molecule has 0 atom stereocenters. The molecule has 142 valence electrons. The summed E-state index contributed by atoms with van der Waals surface area (Å²) in [5.74, 6) is -0.458. The van der Waals surface area contributed by atoms with E-state index in [1.807, 2.05) is 27.7 Å². The van der Waals surface area contributed by atoms with Crippen LogP contribution in [0.25, 0.3) is 0 Å². The molecule has 3 rings (SSSR count). The van der Waals surface area contributed by atoms with Crippen LogP contribution in [-0.2, 0) is 14.1 Å². The van der Waals surface area contributed by atoms with Crippen LogP contribution in [0.15, 0.2) is 18.2 Å². The van der Waals surface area contributed by atoms with Crippen LogP contribution in [0.3, 0.4) is 0 Å². The maximum absolute atomic E-state index is 12.8. The lowest BCUT2D eigenvalue weighted by molar-refractivity contribution is -0.274. The number of halogens is 3. The standard InChI is InChI=1S/C17H21BF3NO4/c1-15(2)16(3,4)26-18(25-15)12-10-11(22-9-5-6-14(22)23)7-8-13(12)24-17(19,20)21/h7-8,10H,5-6,9H2,1-4H3. The maximum Gasteiger partial charge on any atom is 0.573 e. The number of ether oxygens (including phenoxy) is 1. The first-order chi connectivity index (χ1) is 11.9. The van der Waals surface area contributed by atoms with Crippen LogP contribution in [0.1, 0.15) is 40.5 Å². The molecule has 2 heterocycles. The average molecular weight is 371 g/mol. The predicted octanol–water partition coefficient (Wildman–Crippen LogP) is 3.01. The molecule has 2 saturated heterocycles. The number of hydrogen-bond donors (Lipinski definition) is 0. The second kappa shape index (κ2) is 6.16. The van der Waals surface area contributed by atoms with Gasteiger partial charge in [0.2, 0.25) is 5.91 Å². The summed E-state index contributed by atoms with van der Waals surface area (Å²) in [6.07, 6.45) is -3.71. The minimum absolute atomic E-state index is 0.0608. The number of carbonyl (C=O) groups excluding carboxylic acids is 1. The van der Waals surface area contributed by atoms with Crippen LogP contribution in [0.2, 0.25) is 0 Å². The molecule has 0 unspecified atom stereocenters. The van der Waals surface area contributed by atoms with Crippen LogP contribution >= 0.6 is 0 Å². The van der Waals surface area contributed by atoms with Crippen molar-refractivity contribution in [2.24, 2.45) is 0 Å². The lowest BCUT2D eigenvalue weighted by Gasteiger charge is -2.32. The van der Waals surface area contributed by atoms with Gasteiger partial charge in [-0.2, -0.15) is 0 Å². The third-order valence-corrected chi connectivity index (χ3v) is 5.11. The van der Waals surface area contributed by atoms with E-state index in [4.69, 9.17) is 9.31 Å². The van der Waals surface area contributed by atoms with Gasteiger partial charge in [0.1, 0.15) is 5.75 Å². The van der Waals surface area contributed by atoms with Crippen LogP contribution in [0.5, 0.6) is 5.75 Å². The Labute approximate surface area is 150 Å². The SMILES string of the molecule is CC1(C)OB(c2cc(N3CCCC3=O)ccc2OC(F)(F)F)OC1(C)C. The first-order valence-electron chi connectivity index (χ1n) is 8.45. The Morgan fingerprint density at radius 1 is 1.15 bits per heavy atom. The van der Waals surface area contributed by atoms with Crippen molar-refractivity contribution in [3.05, 3.63) is 18.2 Å². The Bertz CT molecular complexity index is 704. The zero-order valence-corrected chi connectivity index (χ0v) is 15.1. The van der Waals surface area contributed by atoms with Gasteiger partial charge in [-0.15, -0.1) is 13.2 Å². The number of nitrogens with zero attached hydrogens (tertiary/aromatic N) is 1. The molecule has 1 amide bonds. The lowest BCUT2D eigenvalue weighted by Crippen LogP contribution is -2.41. The van der Waals surface area contributed by atoms with E-state index < -0.39 is 30.4 Å². The molecule has 26 heavy (non-hydrogen) atoms. The highest BCUT2D eigenvalue weighted by Gasteiger charge is 2.53. The topological polar surface area (TPSA) is 48.0 Å². The molecule has 1 aromatic rings. The first-order valence-corrected chi connectivity index (χ1v) is 8.45. The number of anilines is 1. The van der Waals surface area contributed by atoms with Crippen molar-refractivity contribution >= 4 is 24.2 Å². The van der Waals surface area contributed by atoms with Crippen LogP contribution in [0.4, 0.5) is 18.9 Å². The van der Waals surface area contributed by atoms with Crippen molar-refractivity contribution < 1.29 is 32.0 Å². The molecule has 0 radical (unpaired) electrons. The Kier molecular flexibility index (Phi) is 4.51. The highest BCUT2D eigenvalue weighted by atomic mass is 19.4. The summed E-state index contributed by atoms with van der Waals surface area (Å²) in [7, 11) is -1.03. The minimum atomic E-state index is -4.84. The summed E-state index contributed by atoms with van der Waals surface area (Å²) < 4.78 is 54.3. The summed E-state index contributed by atoms with van der Waals surface area (Å²) >= 11 is 0. The molecular weight excluding hydrogens is 350 g/mol. The minimum Gasteiger partial charge on any atom is -0.406 e. The molecule has 0 aromatic heterocycles. The van der Waals surface area contributed by atoms with Gasteiger partial charge in [0.25, 0.3) is 0 Å². The summed E-state index contributed by atoms with van der Waals surface area (Å²) in [6, 6.07) is 4.13. The molecular formula is C17H21BF3NO4. The van der Waals surface area contributed by atoms with Gasteiger partial charge in [-0.05, 0) is 52.3 Å². The van der Waals surface area contributed by atoms with Gasteiger partial charge in [-0.1, -0.05) is 0 Å². The molecule has 2 aliphatic heterocycles. The fourth-order valence-electron chi connectivity index (χ4n) is 3.00. The van der Waals surface area contributed by atoms with E-state index in [0.29, 0.717) is 25.1 Å². The van der Waals surface area contributed by atoms with E-state index in [1.165, 1.54) is 18.2 Å². The Balaban J connectivity index is 2.01. The second-order valence-corrected chi connectivity index (χ2v) is 7.51. The number of alkyl halides is 3. The number of rotatable bonds is 3. The van der Waals surface area contributed by atoms with E-state index in [2.05, 4.69) is 4.74 Å². The molecule has 1 aromatic carbocycles. The Morgan fingerprint density at radius 3 is 2.27 bits per heavy atom. The van der Waals surface area contributed by atoms with Crippen molar-refractivity contribution in [1.29, 1.82) is 0 Å². The number of amides is 1. The van der Waals surface area contributed by atoms with Crippen molar-refractivity contribution in [2.75, 3.05) is 11.4 Å². The Morgan fingerprint density at radius 2 is 1.77 bits per heavy atom. The van der Waals surface area contributed by atoms with Crippen LogP contribution in [0, 0.1) is 0 Å². The third kappa shape index (κ3) is 3.55. The van der Waals surface area contributed by atoms with Crippen LogP contribution < -0.4 is 15.1 Å². The largest absolute Gasteiger partial charge is 0.573 e. The summed E-state index contributed by atoms with van der Waals surface area (Å²) in [5, 5.41) is 0. The Hall–Kier alpha value is -1.74. The van der Waals surface area contributed by atoms with E-state index in [1.54, 1.807) is 4.90 Å². The summed E-state index contributed by atoms with van der Waals surface area (Å²) in [6.45, 7) is 7.77. The first kappa shape index (κ1) is 19.0. The van der Waals surface area contributed by atoms with E-state index in [9.17, 15) is 18.0 Å². The van der Waals surface area contributed by atoms with Crippen molar-refractivity contribution in [3.63, 3.8) is 0 Å². The zero-order chi connectivity index (χ0) is 19.3. The molecule has 0 saturated carbocycles. The highest BCUT2D eigenvalue weighted by molar-refractivity contribution is 6.63. The van der Waals surface area contributed by atoms with Gasteiger partial charge in [-0.3, -0.25) is 4.79 Å². The van der Waals surface area contributed by atoms with Gasteiger partial charge in [-0.25, -0.2) is 0 Å². The molecule has 0 N–H and O–H groups in total. The van der Waals surface area contributed by atoms with Gasteiger partial charge in [0.15, 0.2) is 0 Å². The molecule has 2 fully saturated rings. The number of carbonyl (C=O) groups is 1. The monoisotopic (exact) mass is 371 g/mol. The maximum atomic E-state index is 12.8. The van der Waals surface area contributed by atoms with E-state index in [-0.39, 0.29) is 11.4 Å². The van der Waals surface area contributed by atoms with Gasteiger partial charge in [0.05, 0.1) is 11.2 Å². The van der Waals surface area contributed by atoms with Gasteiger partial charge in [0, 0.05) is 24.1 Å². The third-order valence-electron chi connectivity index (χ3n) is 5.11. The number of hydrogen-bond acceptors (Lipinski definition) is 4. The van der Waals surface area contributed by atoms with Gasteiger partial charge >= 0.3 is 13.5 Å².